The molecule has 0 amide bonds. The average Bonchev–Trinajstić information content (AvgIpc) is 2.30. The second kappa shape index (κ2) is 5.64. The summed E-state index contributed by atoms with van der Waals surface area (Å²) in [7, 11) is 0. The third kappa shape index (κ3) is 3.18. The first-order valence-electron chi connectivity index (χ1n) is 5.81. The molecule has 0 saturated heterocycles. The van der Waals surface area contributed by atoms with Crippen LogP contribution in [0, 0.1) is 13.8 Å². The number of benzene rings is 2. The predicted octanol–water partition coefficient (Wildman–Crippen LogP) is 5.22. The minimum Gasteiger partial charge on any atom is -0.380 e. The van der Waals surface area contributed by atoms with Gasteiger partial charge in [0.1, 0.15) is 0 Å². The summed E-state index contributed by atoms with van der Waals surface area (Å²) in [5.41, 5.74) is 4.64. The third-order valence-corrected chi connectivity index (χ3v) is 3.53. The summed E-state index contributed by atoms with van der Waals surface area (Å²) < 4.78 is 0. The molecule has 1 N–H and O–H groups in total. The average molecular weight is 280 g/mol. The third-order valence-electron chi connectivity index (χ3n) is 2.72. The summed E-state index contributed by atoms with van der Waals surface area (Å²) in [4.78, 5) is 0. The van der Waals surface area contributed by atoms with Gasteiger partial charge in [-0.25, -0.2) is 0 Å². The molecule has 0 bridgehead atoms. The number of anilines is 1. The number of hydrogen-bond acceptors (Lipinski definition) is 1. The number of halogens is 2. The van der Waals surface area contributed by atoms with Crippen molar-refractivity contribution in [1.29, 1.82) is 0 Å². The smallest absolute Gasteiger partial charge is 0.0823 e. The summed E-state index contributed by atoms with van der Waals surface area (Å²) in [6, 6.07) is 12.1. The maximum absolute atomic E-state index is 6.13. The Morgan fingerprint density at radius 3 is 2.33 bits per heavy atom. The van der Waals surface area contributed by atoms with Crippen LogP contribution in [0.4, 0.5) is 5.69 Å². The van der Waals surface area contributed by atoms with Gasteiger partial charge in [0.15, 0.2) is 0 Å². The second-order valence-electron chi connectivity index (χ2n) is 4.45. The van der Waals surface area contributed by atoms with E-state index in [-0.39, 0.29) is 0 Å². The van der Waals surface area contributed by atoms with Crippen molar-refractivity contribution < 1.29 is 0 Å². The van der Waals surface area contributed by atoms with E-state index in [0.29, 0.717) is 10.0 Å². The van der Waals surface area contributed by atoms with Crippen molar-refractivity contribution in [3.63, 3.8) is 0 Å². The van der Waals surface area contributed by atoms with Crippen molar-refractivity contribution in [1.82, 2.24) is 0 Å². The minimum atomic E-state index is 0.571. The molecule has 0 spiro atoms. The highest BCUT2D eigenvalue weighted by molar-refractivity contribution is 6.43. The largest absolute Gasteiger partial charge is 0.380 e. The van der Waals surface area contributed by atoms with Crippen LogP contribution in [0.3, 0.4) is 0 Å². The van der Waals surface area contributed by atoms with Crippen LogP contribution >= 0.6 is 23.2 Å². The van der Waals surface area contributed by atoms with Crippen LogP contribution in [0.1, 0.15) is 16.7 Å². The maximum atomic E-state index is 6.13. The fourth-order valence-corrected chi connectivity index (χ4v) is 2.38. The molecule has 2 aromatic carbocycles. The Labute approximate surface area is 118 Å². The molecule has 0 aliphatic carbocycles. The minimum absolute atomic E-state index is 0.571. The van der Waals surface area contributed by atoms with Gasteiger partial charge < -0.3 is 5.32 Å². The van der Waals surface area contributed by atoms with Crippen LogP contribution in [0.15, 0.2) is 36.4 Å². The van der Waals surface area contributed by atoms with Gasteiger partial charge in [-0.2, -0.15) is 0 Å². The molecule has 0 aromatic heterocycles. The van der Waals surface area contributed by atoms with Crippen LogP contribution < -0.4 is 5.32 Å². The lowest BCUT2D eigenvalue weighted by Crippen LogP contribution is -2.00. The van der Waals surface area contributed by atoms with Gasteiger partial charge in [0.2, 0.25) is 0 Å². The van der Waals surface area contributed by atoms with Crippen LogP contribution in [0.2, 0.25) is 10.0 Å². The van der Waals surface area contributed by atoms with Crippen molar-refractivity contribution in [2.45, 2.75) is 20.4 Å². The zero-order chi connectivity index (χ0) is 13.1. The number of rotatable bonds is 3. The van der Waals surface area contributed by atoms with E-state index in [1.54, 1.807) is 6.07 Å². The van der Waals surface area contributed by atoms with E-state index in [1.807, 2.05) is 12.1 Å². The van der Waals surface area contributed by atoms with Crippen molar-refractivity contribution in [3.8, 4) is 0 Å². The van der Waals surface area contributed by atoms with Crippen molar-refractivity contribution in [2.24, 2.45) is 0 Å². The number of aryl methyl sites for hydroxylation is 2. The molecule has 0 unspecified atom stereocenters. The second-order valence-corrected chi connectivity index (χ2v) is 5.24. The Kier molecular flexibility index (Phi) is 4.15. The summed E-state index contributed by atoms with van der Waals surface area (Å²) in [6.45, 7) is 4.94. The van der Waals surface area contributed by atoms with Crippen LogP contribution in [-0.4, -0.2) is 0 Å². The highest BCUT2D eigenvalue weighted by Gasteiger charge is 2.04. The highest BCUT2D eigenvalue weighted by Crippen LogP contribution is 2.29. The Bertz CT molecular complexity index is 544. The highest BCUT2D eigenvalue weighted by atomic mass is 35.5. The maximum Gasteiger partial charge on any atom is 0.0823 e. The van der Waals surface area contributed by atoms with Crippen molar-refractivity contribution in [3.05, 3.63) is 63.1 Å². The van der Waals surface area contributed by atoms with E-state index in [4.69, 9.17) is 23.2 Å². The van der Waals surface area contributed by atoms with E-state index in [0.717, 1.165) is 12.2 Å². The van der Waals surface area contributed by atoms with E-state index < -0.39 is 0 Å². The van der Waals surface area contributed by atoms with Gasteiger partial charge in [0.25, 0.3) is 0 Å². The molecular formula is C15H15Cl2N. The normalized spacial score (nSPS) is 10.4. The molecule has 0 aliphatic rings. The quantitative estimate of drug-likeness (QED) is 0.812. The molecule has 1 nitrogen and oxygen atoms in total. The van der Waals surface area contributed by atoms with E-state index >= 15 is 0 Å². The topological polar surface area (TPSA) is 12.0 Å². The molecule has 0 aliphatic heterocycles. The van der Waals surface area contributed by atoms with Crippen molar-refractivity contribution >= 4 is 28.9 Å². The molecule has 2 aromatic rings. The summed E-state index contributed by atoms with van der Waals surface area (Å²) in [5, 5.41) is 4.45. The van der Waals surface area contributed by atoms with E-state index in [1.165, 1.54) is 16.7 Å². The molecule has 18 heavy (non-hydrogen) atoms. The predicted molar refractivity (Wildman–Crippen MR) is 79.7 cm³/mol. The van der Waals surface area contributed by atoms with Gasteiger partial charge in [-0.1, -0.05) is 58.6 Å². The lowest BCUT2D eigenvalue weighted by molar-refractivity contribution is 1.13. The molecular weight excluding hydrogens is 265 g/mol. The summed E-state index contributed by atoms with van der Waals surface area (Å²) >= 11 is 12.1. The van der Waals surface area contributed by atoms with Gasteiger partial charge in [-0.3, -0.25) is 0 Å². The lowest BCUT2D eigenvalue weighted by Gasteiger charge is -2.10. The Hall–Kier alpha value is -1.18. The van der Waals surface area contributed by atoms with Gasteiger partial charge in [-0.05, 0) is 31.5 Å². The Morgan fingerprint density at radius 2 is 1.67 bits per heavy atom. The molecule has 94 valence electrons. The van der Waals surface area contributed by atoms with E-state index in [9.17, 15) is 0 Å². The summed E-state index contributed by atoms with van der Waals surface area (Å²) in [6.07, 6.45) is 0. The Balaban J connectivity index is 2.14. The number of hydrogen-bond donors (Lipinski definition) is 1. The molecule has 0 fully saturated rings. The molecule has 0 radical (unpaired) electrons. The van der Waals surface area contributed by atoms with Crippen molar-refractivity contribution in [2.75, 3.05) is 5.32 Å². The molecule has 2 rings (SSSR count). The monoisotopic (exact) mass is 279 g/mol. The summed E-state index contributed by atoms with van der Waals surface area (Å²) in [5.74, 6) is 0. The van der Waals surface area contributed by atoms with Crippen LogP contribution in [-0.2, 0) is 6.54 Å². The molecule has 3 heteroatoms. The fraction of sp³-hybridized carbons (Fsp3) is 0.200. The first-order valence-corrected chi connectivity index (χ1v) is 6.57. The zero-order valence-corrected chi connectivity index (χ0v) is 11.9. The standard InChI is InChI=1S/C15H15Cl2N/c1-10-6-11(2)8-12(7-10)9-18-14-5-3-4-13(16)15(14)17/h3-8,18H,9H2,1-2H3. The first kappa shape index (κ1) is 13.3. The SMILES string of the molecule is Cc1cc(C)cc(CNc2cccc(Cl)c2Cl)c1. The lowest BCUT2D eigenvalue weighted by atomic mass is 10.1. The van der Waals surface area contributed by atoms with Gasteiger partial charge in [0, 0.05) is 6.54 Å². The molecule has 0 atom stereocenters. The Morgan fingerprint density at radius 1 is 1.00 bits per heavy atom. The van der Waals surface area contributed by atoms with Gasteiger partial charge in [-0.15, -0.1) is 0 Å². The van der Waals surface area contributed by atoms with Gasteiger partial charge >= 0.3 is 0 Å². The van der Waals surface area contributed by atoms with Crippen LogP contribution in [0.25, 0.3) is 0 Å². The fourth-order valence-electron chi connectivity index (χ4n) is 2.01. The molecule has 0 heterocycles. The zero-order valence-electron chi connectivity index (χ0n) is 10.4. The van der Waals surface area contributed by atoms with Gasteiger partial charge in [0.05, 0.1) is 15.7 Å². The number of nitrogens with one attached hydrogen (secondary N) is 1. The van der Waals surface area contributed by atoms with Crippen LogP contribution in [0.5, 0.6) is 0 Å². The van der Waals surface area contributed by atoms with E-state index in [2.05, 4.69) is 37.4 Å². The first-order chi connectivity index (χ1) is 8.56. The molecule has 0 saturated carbocycles.